The number of nitrogens with zero attached hydrogens (tertiary/aromatic N) is 2. The molecule has 0 aliphatic carbocycles. The summed E-state index contributed by atoms with van der Waals surface area (Å²) in [7, 11) is 0. The van der Waals surface area contributed by atoms with E-state index in [0.717, 1.165) is 5.56 Å². The molecule has 0 N–H and O–H groups in total. The van der Waals surface area contributed by atoms with Crippen molar-refractivity contribution in [3.63, 3.8) is 0 Å². The molecule has 0 radical (unpaired) electrons. The zero-order valence-electron chi connectivity index (χ0n) is 8.00. The maximum atomic E-state index is 10.8. The summed E-state index contributed by atoms with van der Waals surface area (Å²) in [6.45, 7) is 0. The van der Waals surface area contributed by atoms with Crippen molar-refractivity contribution in [1.29, 1.82) is 0 Å². The van der Waals surface area contributed by atoms with Gasteiger partial charge < -0.3 is 10.4 Å². The summed E-state index contributed by atoms with van der Waals surface area (Å²) in [6.07, 6.45) is 1.64. The van der Waals surface area contributed by atoms with E-state index in [-0.39, 0.29) is 0 Å². The lowest BCUT2D eigenvalue weighted by Crippen LogP contribution is -2.04. The van der Waals surface area contributed by atoms with Crippen LogP contribution >= 0.6 is 0 Å². The van der Waals surface area contributed by atoms with Crippen LogP contribution in [0.1, 0.15) is 11.3 Å². The first kappa shape index (κ1) is 9.40. The first-order valence-electron chi connectivity index (χ1n) is 4.59. The number of rotatable bonds is 2. The van der Waals surface area contributed by atoms with Crippen molar-refractivity contribution in [1.82, 2.24) is 4.98 Å². The first-order chi connectivity index (χ1) is 7.42. The molecule has 0 bridgehead atoms. The van der Waals surface area contributed by atoms with Crippen LogP contribution in [-0.2, 0) is 0 Å². The fourth-order valence-electron chi connectivity index (χ4n) is 1.35. The van der Waals surface area contributed by atoms with Crippen LogP contribution in [0, 0.1) is 5.21 Å². The van der Waals surface area contributed by atoms with Gasteiger partial charge in [0.15, 0.2) is 0 Å². The lowest BCUT2D eigenvalue weighted by Gasteiger charge is -2.07. The minimum Gasteiger partial charge on any atom is -0.791 e. The Bertz CT molecular complexity index is 410. The molecule has 0 unspecified atom stereocenters. The van der Waals surface area contributed by atoms with E-state index in [1.54, 1.807) is 18.3 Å². The average molecular weight is 197 g/mol. The van der Waals surface area contributed by atoms with Crippen LogP contribution in [0.4, 0.5) is 0 Å². The Kier molecular flexibility index (Phi) is 2.74. The van der Waals surface area contributed by atoms with Gasteiger partial charge in [-0.3, -0.25) is 4.98 Å². The Morgan fingerprint density at radius 2 is 1.73 bits per heavy atom. The molecular formula is C12H9N2O-. The van der Waals surface area contributed by atoms with Crippen molar-refractivity contribution < 1.29 is 0 Å². The van der Waals surface area contributed by atoms with Gasteiger partial charge in [0.1, 0.15) is 0 Å². The second-order valence-electron chi connectivity index (χ2n) is 3.02. The Morgan fingerprint density at radius 3 is 2.33 bits per heavy atom. The molecule has 0 amide bonds. The zero-order chi connectivity index (χ0) is 10.5. The SMILES string of the molecule is [O-]N=C(c1ccccc1)c1ccccn1. The quantitative estimate of drug-likeness (QED) is 0.548. The summed E-state index contributed by atoms with van der Waals surface area (Å²) in [5.41, 5.74) is 1.75. The highest BCUT2D eigenvalue weighted by Gasteiger charge is 2.04. The molecule has 0 spiro atoms. The number of hydrogen-bond acceptors (Lipinski definition) is 3. The lowest BCUT2D eigenvalue weighted by molar-refractivity contribution is 1.28. The van der Waals surface area contributed by atoms with Crippen molar-refractivity contribution in [2.24, 2.45) is 5.16 Å². The third-order valence-electron chi connectivity index (χ3n) is 2.05. The van der Waals surface area contributed by atoms with E-state index in [9.17, 15) is 5.21 Å². The van der Waals surface area contributed by atoms with Gasteiger partial charge in [-0.05, 0) is 12.1 Å². The van der Waals surface area contributed by atoms with Gasteiger partial charge in [0.2, 0.25) is 0 Å². The third-order valence-corrected chi connectivity index (χ3v) is 2.05. The molecule has 1 aromatic heterocycles. The van der Waals surface area contributed by atoms with E-state index in [1.807, 2.05) is 36.4 Å². The molecule has 0 fully saturated rings. The number of benzene rings is 1. The molecule has 1 heterocycles. The van der Waals surface area contributed by atoms with Gasteiger partial charge >= 0.3 is 0 Å². The molecule has 0 saturated heterocycles. The molecule has 15 heavy (non-hydrogen) atoms. The van der Waals surface area contributed by atoms with E-state index in [1.165, 1.54) is 0 Å². The van der Waals surface area contributed by atoms with E-state index < -0.39 is 0 Å². The van der Waals surface area contributed by atoms with Crippen LogP contribution in [0.25, 0.3) is 0 Å². The van der Waals surface area contributed by atoms with Crippen LogP contribution in [0.15, 0.2) is 59.9 Å². The topological polar surface area (TPSA) is 48.3 Å². The van der Waals surface area contributed by atoms with Gasteiger partial charge in [0.25, 0.3) is 0 Å². The molecular weight excluding hydrogens is 188 g/mol. The minimum absolute atomic E-state index is 0.371. The highest BCUT2D eigenvalue weighted by molar-refractivity contribution is 6.11. The van der Waals surface area contributed by atoms with Gasteiger partial charge in [-0.15, -0.1) is 0 Å². The number of pyridine rings is 1. The molecule has 2 aromatic rings. The van der Waals surface area contributed by atoms with Crippen molar-refractivity contribution >= 4 is 5.71 Å². The van der Waals surface area contributed by atoms with Gasteiger partial charge in [0.05, 0.1) is 11.4 Å². The van der Waals surface area contributed by atoms with Crippen LogP contribution in [0.3, 0.4) is 0 Å². The fourth-order valence-corrected chi connectivity index (χ4v) is 1.35. The Labute approximate surface area is 87.7 Å². The highest BCUT2D eigenvalue weighted by Crippen LogP contribution is 2.07. The molecule has 3 heteroatoms. The predicted molar refractivity (Wildman–Crippen MR) is 59.7 cm³/mol. The van der Waals surface area contributed by atoms with E-state index in [2.05, 4.69) is 10.1 Å². The summed E-state index contributed by atoms with van der Waals surface area (Å²) in [4.78, 5) is 4.10. The van der Waals surface area contributed by atoms with E-state index in [4.69, 9.17) is 0 Å². The maximum Gasteiger partial charge on any atom is 0.0884 e. The van der Waals surface area contributed by atoms with E-state index >= 15 is 0 Å². The minimum atomic E-state index is 0.371. The molecule has 0 saturated carbocycles. The van der Waals surface area contributed by atoms with Gasteiger partial charge in [-0.1, -0.05) is 36.4 Å². The van der Waals surface area contributed by atoms with Crippen LogP contribution in [0.5, 0.6) is 0 Å². The normalized spacial score (nSPS) is 11.3. The van der Waals surface area contributed by atoms with Crippen molar-refractivity contribution in [3.05, 3.63) is 71.2 Å². The van der Waals surface area contributed by atoms with Gasteiger partial charge in [-0.25, -0.2) is 0 Å². The van der Waals surface area contributed by atoms with Crippen molar-refractivity contribution in [3.8, 4) is 0 Å². The summed E-state index contributed by atoms with van der Waals surface area (Å²) >= 11 is 0. The molecule has 0 aliphatic rings. The average Bonchev–Trinajstić information content (AvgIpc) is 2.33. The number of hydrogen-bond donors (Lipinski definition) is 0. The largest absolute Gasteiger partial charge is 0.791 e. The van der Waals surface area contributed by atoms with Crippen LogP contribution < -0.4 is 0 Å². The summed E-state index contributed by atoms with van der Waals surface area (Å²) < 4.78 is 0. The summed E-state index contributed by atoms with van der Waals surface area (Å²) in [5.74, 6) is 0. The fraction of sp³-hybridized carbons (Fsp3) is 0. The Morgan fingerprint density at radius 1 is 1.00 bits per heavy atom. The van der Waals surface area contributed by atoms with Gasteiger partial charge in [0, 0.05) is 11.8 Å². The smallest absolute Gasteiger partial charge is 0.0884 e. The highest BCUT2D eigenvalue weighted by atomic mass is 16.4. The number of aromatic nitrogens is 1. The molecule has 74 valence electrons. The Balaban J connectivity index is 2.44. The molecule has 1 aromatic carbocycles. The molecule has 0 atom stereocenters. The standard InChI is InChI=1S/C12H10N2O/c15-14-12(10-6-2-1-3-7-10)11-8-4-5-9-13-11/h1-9,15H/p-1. The first-order valence-corrected chi connectivity index (χ1v) is 4.59. The molecule has 2 rings (SSSR count). The maximum absolute atomic E-state index is 10.8. The predicted octanol–water partition coefficient (Wildman–Crippen LogP) is 2.42. The van der Waals surface area contributed by atoms with Crippen molar-refractivity contribution in [2.45, 2.75) is 0 Å². The lowest BCUT2D eigenvalue weighted by atomic mass is 10.1. The summed E-state index contributed by atoms with van der Waals surface area (Å²) in [6, 6.07) is 14.7. The molecule has 0 aliphatic heterocycles. The zero-order valence-corrected chi connectivity index (χ0v) is 8.00. The third kappa shape index (κ3) is 2.02. The summed E-state index contributed by atoms with van der Waals surface area (Å²) in [5, 5.41) is 13.8. The second kappa shape index (κ2) is 4.37. The second-order valence-corrected chi connectivity index (χ2v) is 3.02. The Hall–Kier alpha value is -2.16. The van der Waals surface area contributed by atoms with Gasteiger partial charge in [-0.2, -0.15) is 0 Å². The molecule has 3 nitrogen and oxygen atoms in total. The van der Waals surface area contributed by atoms with Crippen molar-refractivity contribution in [2.75, 3.05) is 0 Å². The van der Waals surface area contributed by atoms with Crippen LogP contribution in [-0.4, -0.2) is 10.7 Å². The van der Waals surface area contributed by atoms with Crippen LogP contribution in [0.2, 0.25) is 0 Å². The monoisotopic (exact) mass is 197 g/mol. The van der Waals surface area contributed by atoms with E-state index in [0.29, 0.717) is 11.4 Å².